The fourth-order valence-electron chi connectivity index (χ4n) is 2.78. The number of rotatable bonds is 6. The van der Waals surface area contributed by atoms with Crippen molar-refractivity contribution in [2.75, 3.05) is 24.3 Å². The summed E-state index contributed by atoms with van der Waals surface area (Å²) in [5.74, 6) is 1.21. The Labute approximate surface area is 161 Å². The van der Waals surface area contributed by atoms with Crippen molar-refractivity contribution < 1.29 is 13.6 Å². The van der Waals surface area contributed by atoms with Crippen molar-refractivity contribution in [1.29, 1.82) is 0 Å². The highest BCUT2D eigenvalue weighted by Crippen LogP contribution is 2.30. The summed E-state index contributed by atoms with van der Waals surface area (Å²) in [7, 11) is 1.57. The minimum absolute atomic E-state index is 0.0473. The van der Waals surface area contributed by atoms with E-state index in [1.54, 1.807) is 43.5 Å². The van der Waals surface area contributed by atoms with E-state index in [4.69, 9.17) is 8.85 Å². The van der Waals surface area contributed by atoms with Gasteiger partial charge in [0, 0.05) is 35.1 Å². The van der Waals surface area contributed by atoms with Crippen molar-refractivity contribution in [2.24, 2.45) is 5.92 Å². The molecule has 7 nitrogen and oxygen atoms in total. The van der Waals surface area contributed by atoms with Crippen LogP contribution in [0.5, 0.6) is 5.75 Å². The fraction of sp³-hybridized carbons (Fsp3) is 0.300. The Morgan fingerprint density at radius 1 is 1.30 bits per heavy atom. The lowest BCUT2D eigenvalue weighted by atomic mass is 10.2. The van der Waals surface area contributed by atoms with Crippen molar-refractivity contribution in [3.05, 3.63) is 48.2 Å². The molecule has 3 aromatic rings. The van der Waals surface area contributed by atoms with Crippen LogP contribution in [0.15, 0.2) is 42.6 Å². The summed E-state index contributed by atoms with van der Waals surface area (Å²) < 4.78 is 29.2. The van der Waals surface area contributed by atoms with Crippen molar-refractivity contribution in [2.45, 2.75) is 19.4 Å². The first kappa shape index (κ1) is 13.9. The standard InChI is InChI=1S/C20H21N5O2/c1-25(12-13-3-7-16(27-2)8-4-13)19-18-15(9-10-21-19)11-17(23-24-18)22-20(26)14-5-6-14/h3-4,7-11,14H,5-6,12H2,1-2H3,(H,22,23,26)/i1D3. The first-order valence-corrected chi connectivity index (χ1v) is 8.69. The van der Waals surface area contributed by atoms with E-state index in [-0.39, 0.29) is 24.2 Å². The first-order chi connectivity index (χ1) is 14.3. The minimum Gasteiger partial charge on any atom is -0.497 e. The van der Waals surface area contributed by atoms with E-state index in [0.717, 1.165) is 18.4 Å². The Morgan fingerprint density at radius 3 is 2.81 bits per heavy atom. The average molecular weight is 366 g/mol. The molecule has 2 heterocycles. The molecule has 1 aromatic carbocycles. The van der Waals surface area contributed by atoms with Crippen LogP contribution in [0.4, 0.5) is 11.6 Å². The lowest BCUT2D eigenvalue weighted by Gasteiger charge is -2.19. The molecule has 0 unspecified atom stereocenters. The molecule has 4 rings (SSSR count). The van der Waals surface area contributed by atoms with E-state index in [2.05, 4.69) is 20.5 Å². The van der Waals surface area contributed by atoms with Crippen LogP contribution in [0.1, 0.15) is 22.5 Å². The van der Waals surface area contributed by atoms with E-state index < -0.39 is 6.98 Å². The number of nitrogens with one attached hydrogen (secondary N) is 1. The summed E-state index contributed by atoms with van der Waals surface area (Å²) in [5, 5.41) is 11.6. The van der Waals surface area contributed by atoms with Crippen LogP contribution >= 0.6 is 0 Å². The normalized spacial score (nSPS) is 15.5. The summed E-state index contributed by atoms with van der Waals surface area (Å²) in [4.78, 5) is 17.5. The highest BCUT2D eigenvalue weighted by molar-refractivity contribution is 5.96. The van der Waals surface area contributed by atoms with E-state index in [9.17, 15) is 4.79 Å². The molecule has 0 saturated heterocycles. The third-order valence-corrected chi connectivity index (χ3v) is 4.44. The molecule has 0 atom stereocenters. The molecule has 1 amide bonds. The number of hydrogen-bond acceptors (Lipinski definition) is 6. The molecule has 7 heteroatoms. The van der Waals surface area contributed by atoms with Crippen molar-refractivity contribution >= 4 is 28.4 Å². The second-order valence-electron chi connectivity index (χ2n) is 6.50. The molecule has 0 spiro atoms. The maximum atomic E-state index is 12.0. The van der Waals surface area contributed by atoms with E-state index in [0.29, 0.717) is 22.5 Å². The summed E-state index contributed by atoms with van der Waals surface area (Å²) in [6, 6.07) is 10.6. The Kier molecular flexibility index (Phi) is 3.70. The zero-order valence-corrected chi connectivity index (χ0v) is 14.8. The molecule has 0 aliphatic heterocycles. The fourth-order valence-corrected chi connectivity index (χ4v) is 2.78. The largest absolute Gasteiger partial charge is 0.497 e. The molecule has 0 radical (unpaired) electrons. The lowest BCUT2D eigenvalue weighted by Crippen LogP contribution is -2.19. The van der Waals surface area contributed by atoms with Gasteiger partial charge in [0.25, 0.3) is 0 Å². The van der Waals surface area contributed by atoms with Gasteiger partial charge in [0.15, 0.2) is 11.6 Å². The molecule has 0 bridgehead atoms. The number of carbonyl (C=O) groups excluding carboxylic acids is 1. The summed E-state index contributed by atoms with van der Waals surface area (Å²) >= 11 is 0. The topological polar surface area (TPSA) is 80.2 Å². The van der Waals surface area contributed by atoms with Gasteiger partial charge in [0.2, 0.25) is 5.91 Å². The molecule has 1 aliphatic rings. The maximum absolute atomic E-state index is 12.0. The van der Waals surface area contributed by atoms with Gasteiger partial charge in [-0.05, 0) is 42.7 Å². The van der Waals surface area contributed by atoms with Gasteiger partial charge in [-0.3, -0.25) is 4.79 Å². The predicted molar refractivity (Wildman–Crippen MR) is 104 cm³/mol. The minimum atomic E-state index is -2.44. The highest BCUT2D eigenvalue weighted by atomic mass is 16.5. The number of carbonyl (C=O) groups is 1. The van der Waals surface area contributed by atoms with Gasteiger partial charge in [-0.15, -0.1) is 10.2 Å². The van der Waals surface area contributed by atoms with Crippen LogP contribution in [-0.2, 0) is 11.3 Å². The molecule has 2 aromatic heterocycles. The van der Waals surface area contributed by atoms with E-state index in [1.807, 2.05) is 0 Å². The van der Waals surface area contributed by atoms with Gasteiger partial charge >= 0.3 is 0 Å². The number of fused-ring (bicyclic) bond motifs is 1. The van der Waals surface area contributed by atoms with Crippen LogP contribution < -0.4 is 15.0 Å². The Hall–Kier alpha value is -3.22. The van der Waals surface area contributed by atoms with Gasteiger partial charge in [-0.25, -0.2) is 4.98 Å². The van der Waals surface area contributed by atoms with Crippen LogP contribution in [0, 0.1) is 5.92 Å². The molecular weight excluding hydrogens is 342 g/mol. The molecule has 1 saturated carbocycles. The monoisotopic (exact) mass is 366 g/mol. The number of nitrogens with zero attached hydrogens (tertiary/aromatic N) is 4. The lowest BCUT2D eigenvalue weighted by molar-refractivity contribution is -0.117. The molecule has 1 N–H and O–H groups in total. The maximum Gasteiger partial charge on any atom is 0.228 e. The predicted octanol–water partition coefficient (Wildman–Crippen LogP) is 3.02. The molecule has 27 heavy (non-hydrogen) atoms. The molecule has 1 aliphatic carbocycles. The van der Waals surface area contributed by atoms with Crippen LogP contribution in [0.3, 0.4) is 0 Å². The SMILES string of the molecule is [2H]C([2H])([2H])N(Cc1ccc(OC)cc1)c1nccc2cc(NC(=O)C3CC3)nnc12. The number of methoxy groups -OCH3 is 1. The summed E-state index contributed by atoms with van der Waals surface area (Å²) in [6.07, 6.45) is 3.30. The first-order valence-electron chi connectivity index (χ1n) is 10.2. The Bertz CT molecular complexity index is 1070. The van der Waals surface area contributed by atoms with Crippen LogP contribution in [0.2, 0.25) is 0 Å². The van der Waals surface area contributed by atoms with Crippen LogP contribution in [0.25, 0.3) is 10.9 Å². The van der Waals surface area contributed by atoms with Gasteiger partial charge in [-0.1, -0.05) is 12.1 Å². The summed E-state index contributed by atoms with van der Waals surface area (Å²) in [6.45, 7) is -2.34. The van der Waals surface area contributed by atoms with E-state index in [1.165, 1.54) is 11.1 Å². The number of pyridine rings is 1. The third kappa shape index (κ3) is 3.81. The van der Waals surface area contributed by atoms with Gasteiger partial charge in [0.05, 0.1) is 7.11 Å². The summed E-state index contributed by atoms with van der Waals surface area (Å²) in [5.41, 5.74) is 1.14. The number of amides is 1. The zero-order chi connectivity index (χ0) is 21.3. The molecular formula is C20H21N5O2. The smallest absolute Gasteiger partial charge is 0.228 e. The van der Waals surface area contributed by atoms with Gasteiger partial charge in [-0.2, -0.15) is 0 Å². The van der Waals surface area contributed by atoms with E-state index >= 15 is 0 Å². The quantitative estimate of drug-likeness (QED) is 0.722. The second-order valence-corrected chi connectivity index (χ2v) is 6.50. The average Bonchev–Trinajstić information content (AvgIpc) is 3.56. The third-order valence-electron chi connectivity index (χ3n) is 4.44. The number of anilines is 2. The zero-order valence-electron chi connectivity index (χ0n) is 17.8. The Morgan fingerprint density at radius 2 is 2.11 bits per heavy atom. The number of hydrogen-bond donors (Lipinski definition) is 1. The van der Waals surface area contributed by atoms with Gasteiger partial charge in [0.1, 0.15) is 11.3 Å². The Balaban J connectivity index is 1.67. The highest BCUT2D eigenvalue weighted by Gasteiger charge is 2.29. The van der Waals surface area contributed by atoms with Gasteiger partial charge < -0.3 is 15.0 Å². The molecule has 138 valence electrons. The molecule has 1 fully saturated rings. The number of ether oxygens (including phenoxy) is 1. The van der Waals surface area contributed by atoms with Crippen molar-refractivity contribution in [1.82, 2.24) is 15.2 Å². The van der Waals surface area contributed by atoms with Crippen molar-refractivity contribution in [3.63, 3.8) is 0 Å². The van der Waals surface area contributed by atoms with Crippen molar-refractivity contribution in [3.8, 4) is 5.75 Å². The number of benzene rings is 1. The van der Waals surface area contributed by atoms with Crippen LogP contribution in [-0.4, -0.2) is 35.2 Å². The second kappa shape index (κ2) is 7.19. The number of aromatic nitrogens is 3.